The molecule has 2 nitrogen and oxygen atoms in total. The monoisotopic (exact) mass is 440 g/mol. The number of anilines is 2. The fourth-order valence-electron chi connectivity index (χ4n) is 7.21. The second kappa shape index (κ2) is 9.59. The molecule has 0 aliphatic carbocycles. The van der Waals surface area contributed by atoms with E-state index in [-0.39, 0.29) is 11.1 Å². The lowest BCUT2D eigenvalue weighted by Crippen LogP contribution is -2.44. The van der Waals surface area contributed by atoms with Crippen LogP contribution in [0.25, 0.3) is 0 Å². The maximum absolute atomic E-state index is 4.06. The summed E-state index contributed by atoms with van der Waals surface area (Å²) in [5, 5.41) is 8.11. The summed E-state index contributed by atoms with van der Waals surface area (Å²) < 4.78 is 0. The Labute approximate surface area is 199 Å². The molecule has 32 heavy (non-hydrogen) atoms. The zero-order valence-electron chi connectivity index (χ0n) is 22.9. The molecule has 0 amide bonds. The number of nitrogens with one attached hydrogen (secondary N) is 2. The molecule has 2 aliphatic heterocycles. The van der Waals surface area contributed by atoms with Gasteiger partial charge in [0.1, 0.15) is 0 Å². The van der Waals surface area contributed by atoms with Gasteiger partial charge in [-0.05, 0) is 111 Å². The zero-order valence-corrected chi connectivity index (χ0v) is 22.9. The van der Waals surface area contributed by atoms with E-state index in [1.165, 1.54) is 49.9 Å². The molecule has 0 spiro atoms. The molecule has 3 rings (SSSR count). The minimum Gasteiger partial charge on any atom is -0.380 e. The van der Waals surface area contributed by atoms with Crippen LogP contribution in [-0.2, 0) is 0 Å². The Morgan fingerprint density at radius 2 is 1.00 bits per heavy atom. The van der Waals surface area contributed by atoms with E-state index in [4.69, 9.17) is 0 Å². The van der Waals surface area contributed by atoms with Crippen molar-refractivity contribution in [2.45, 2.75) is 131 Å². The van der Waals surface area contributed by atoms with Gasteiger partial charge in [0.05, 0.1) is 0 Å². The summed E-state index contributed by atoms with van der Waals surface area (Å²) in [5.41, 5.74) is 6.35. The van der Waals surface area contributed by atoms with Crippen molar-refractivity contribution in [3.8, 4) is 0 Å². The van der Waals surface area contributed by atoms with Gasteiger partial charge in [0, 0.05) is 22.5 Å². The van der Waals surface area contributed by atoms with Gasteiger partial charge in [-0.1, -0.05) is 55.4 Å². The van der Waals surface area contributed by atoms with Gasteiger partial charge in [0.15, 0.2) is 0 Å². The van der Waals surface area contributed by atoms with E-state index in [0.717, 1.165) is 11.8 Å². The number of rotatable bonds is 8. The maximum atomic E-state index is 4.06. The van der Waals surface area contributed by atoms with Crippen LogP contribution in [0.15, 0.2) is 12.1 Å². The summed E-state index contributed by atoms with van der Waals surface area (Å²) in [4.78, 5) is 0. The average Bonchev–Trinajstić information content (AvgIpc) is 2.57. The number of hydrogen-bond acceptors (Lipinski definition) is 2. The van der Waals surface area contributed by atoms with Gasteiger partial charge < -0.3 is 10.6 Å². The predicted octanol–water partition coefficient (Wildman–Crippen LogP) is 9.19. The van der Waals surface area contributed by atoms with E-state index in [0.29, 0.717) is 23.7 Å². The quantitative estimate of drug-likeness (QED) is 0.421. The highest BCUT2D eigenvalue weighted by Gasteiger charge is 2.40. The molecule has 0 radical (unpaired) electrons. The predicted molar refractivity (Wildman–Crippen MR) is 143 cm³/mol. The minimum absolute atomic E-state index is 0.191. The first-order valence-electron chi connectivity index (χ1n) is 13.5. The Balaban J connectivity index is 2.06. The van der Waals surface area contributed by atoms with Crippen LogP contribution >= 0.6 is 0 Å². The van der Waals surface area contributed by atoms with Gasteiger partial charge in [0.2, 0.25) is 0 Å². The maximum Gasteiger partial charge on any atom is 0.0384 e. The van der Waals surface area contributed by atoms with Crippen LogP contribution in [-0.4, -0.2) is 11.1 Å². The van der Waals surface area contributed by atoms with E-state index in [2.05, 4.69) is 92.0 Å². The van der Waals surface area contributed by atoms with E-state index in [1.807, 2.05) is 0 Å². The van der Waals surface area contributed by atoms with Crippen molar-refractivity contribution in [1.82, 2.24) is 0 Å². The molecule has 4 atom stereocenters. The van der Waals surface area contributed by atoms with Crippen LogP contribution in [0, 0.1) is 23.7 Å². The lowest BCUT2D eigenvalue weighted by molar-refractivity contribution is 0.311. The van der Waals surface area contributed by atoms with Crippen molar-refractivity contribution >= 4 is 11.4 Å². The highest BCUT2D eigenvalue weighted by Crippen LogP contribution is 2.51. The van der Waals surface area contributed by atoms with Crippen molar-refractivity contribution in [2.75, 3.05) is 10.6 Å². The van der Waals surface area contributed by atoms with Crippen LogP contribution in [0.3, 0.4) is 0 Å². The third-order valence-corrected chi connectivity index (χ3v) is 7.60. The van der Waals surface area contributed by atoms with Gasteiger partial charge >= 0.3 is 0 Å². The van der Waals surface area contributed by atoms with E-state index in [1.54, 1.807) is 11.1 Å². The molecule has 2 N–H and O–H groups in total. The van der Waals surface area contributed by atoms with Crippen LogP contribution in [0.2, 0.25) is 0 Å². The normalized spacial score (nSPS) is 29.8. The average molecular weight is 441 g/mol. The van der Waals surface area contributed by atoms with Crippen LogP contribution in [0.5, 0.6) is 0 Å². The zero-order chi connectivity index (χ0) is 23.8. The van der Waals surface area contributed by atoms with Crippen LogP contribution in [0.4, 0.5) is 11.4 Å². The van der Waals surface area contributed by atoms with Gasteiger partial charge in [-0.15, -0.1) is 0 Å². The molecule has 182 valence electrons. The summed E-state index contributed by atoms with van der Waals surface area (Å²) in [6.07, 6.45) is 7.51. The highest BCUT2D eigenvalue weighted by atomic mass is 15.0. The third-order valence-electron chi connectivity index (χ3n) is 7.60. The molecule has 0 fully saturated rings. The van der Waals surface area contributed by atoms with Crippen molar-refractivity contribution < 1.29 is 0 Å². The van der Waals surface area contributed by atoms with Crippen molar-refractivity contribution in [3.05, 3.63) is 23.3 Å². The summed E-state index contributed by atoms with van der Waals surface area (Å²) in [6.45, 7) is 23.9. The van der Waals surface area contributed by atoms with Crippen molar-refractivity contribution in [1.29, 1.82) is 0 Å². The van der Waals surface area contributed by atoms with Gasteiger partial charge in [-0.25, -0.2) is 0 Å². The Bertz CT molecular complexity index is 712. The highest BCUT2D eigenvalue weighted by molar-refractivity contribution is 5.70. The van der Waals surface area contributed by atoms with E-state index in [9.17, 15) is 0 Å². The fourth-order valence-corrected chi connectivity index (χ4v) is 7.21. The van der Waals surface area contributed by atoms with E-state index >= 15 is 0 Å². The lowest BCUT2D eigenvalue weighted by atomic mass is 9.70. The SMILES string of the molecule is CC(C)CC1CC(C)(CC(C)C)Nc2cc3c(cc21)NC(C)(CC(C)C)CC3CC(C)C. The molecule has 0 saturated heterocycles. The smallest absolute Gasteiger partial charge is 0.0384 e. The Kier molecular flexibility index (Phi) is 7.63. The number of benzene rings is 1. The Morgan fingerprint density at radius 1 is 0.656 bits per heavy atom. The first-order chi connectivity index (χ1) is 14.8. The topological polar surface area (TPSA) is 24.1 Å². The molecule has 0 bridgehead atoms. The molecule has 4 unspecified atom stereocenters. The standard InChI is InChI=1S/C30H52N2/c1-19(2)11-23-17-29(9,15-21(5)6)31-27-14-26-24(12-20(3)4)18-30(10,16-22(7)8)32-28(26)13-25(23)27/h13-14,19-24,31-32H,11-12,15-18H2,1-10H3. The van der Waals surface area contributed by atoms with Crippen LogP contribution in [0.1, 0.15) is 131 Å². The summed E-state index contributed by atoms with van der Waals surface area (Å²) in [5.74, 6) is 4.14. The summed E-state index contributed by atoms with van der Waals surface area (Å²) in [6, 6.07) is 5.12. The van der Waals surface area contributed by atoms with Crippen molar-refractivity contribution in [3.63, 3.8) is 0 Å². The third kappa shape index (κ3) is 6.03. The molecule has 0 aromatic heterocycles. The molecular weight excluding hydrogens is 388 g/mol. The molecule has 2 heterocycles. The minimum atomic E-state index is 0.191. The first kappa shape index (κ1) is 25.4. The van der Waals surface area contributed by atoms with Crippen molar-refractivity contribution in [2.24, 2.45) is 23.7 Å². The summed E-state index contributed by atoms with van der Waals surface area (Å²) in [7, 11) is 0. The molecule has 1 aromatic carbocycles. The largest absolute Gasteiger partial charge is 0.380 e. The molecule has 2 aliphatic rings. The van der Waals surface area contributed by atoms with E-state index < -0.39 is 0 Å². The molecular formula is C30H52N2. The van der Waals surface area contributed by atoms with Gasteiger partial charge in [-0.3, -0.25) is 0 Å². The molecule has 1 aromatic rings. The van der Waals surface area contributed by atoms with Crippen LogP contribution < -0.4 is 10.6 Å². The fraction of sp³-hybridized carbons (Fsp3) is 0.800. The number of fused-ring (bicyclic) bond motifs is 2. The second-order valence-corrected chi connectivity index (χ2v) is 13.7. The Hall–Kier alpha value is -1.18. The lowest BCUT2D eigenvalue weighted by Gasteiger charge is -2.46. The van der Waals surface area contributed by atoms with Gasteiger partial charge in [-0.2, -0.15) is 0 Å². The number of hydrogen-bond donors (Lipinski definition) is 2. The molecule has 2 heteroatoms. The molecule has 0 saturated carbocycles. The second-order valence-electron chi connectivity index (χ2n) is 13.7. The Morgan fingerprint density at radius 3 is 1.28 bits per heavy atom. The first-order valence-corrected chi connectivity index (χ1v) is 13.5. The summed E-state index contributed by atoms with van der Waals surface area (Å²) >= 11 is 0. The van der Waals surface area contributed by atoms with Gasteiger partial charge in [0.25, 0.3) is 0 Å².